The van der Waals surface area contributed by atoms with Gasteiger partial charge in [0.15, 0.2) is 5.92 Å². The van der Waals surface area contributed by atoms with E-state index in [1.807, 2.05) is 37.4 Å². The Bertz CT molecular complexity index is 495. The van der Waals surface area contributed by atoms with Gasteiger partial charge in [0.05, 0.1) is 6.07 Å². The second-order valence-corrected chi connectivity index (χ2v) is 5.41. The highest BCUT2D eigenvalue weighted by Gasteiger charge is 2.42. The maximum atomic E-state index is 12.8. The van der Waals surface area contributed by atoms with E-state index in [4.69, 9.17) is 5.26 Å². The van der Waals surface area contributed by atoms with Crippen LogP contribution >= 0.6 is 0 Å². The lowest BCUT2D eigenvalue weighted by atomic mass is 10.0. The second-order valence-electron chi connectivity index (χ2n) is 5.41. The molecule has 1 fully saturated rings. The highest BCUT2D eigenvalue weighted by Crippen LogP contribution is 2.31. The molecule has 2 atom stereocenters. The van der Waals surface area contributed by atoms with Crippen molar-refractivity contribution in [2.24, 2.45) is 5.92 Å². The largest absolute Gasteiger partial charge is 0.405 e. The van der Waals surface area contributed by atoms with Crippen molar-refractivity contribution in [3.8, 4) is 6.07 Å². The zero-order valence-corrected chi connectivity index (χ0v) is 11.8. The third-order valence-corrected chi connectivity index (χ3v) is 3.85. The Labute approximate surface area is 122 Å². The minimum absolute atomic E-state index is 0.108. The molecular formula is C15H18F3N3. The molecule has 2 unspecified atom stereocenters. The predicted octanol–water partition coefficient (Wildman–Crippen LogP) is 2.68. The predicted molar refractivity (Wildman–Crippen MR) is 73.4 cm³/mol. The molecule has 1 saturated heterocycles. The Morgan fingerprint density at radius 1 is 1.29 bits per heavy atom. The summed E-state index contributed by atoms with van der Waals surface area (Å²) < 4.78 is 38.5. The van der Waals surface area contributed by atoms with Crippen LogP contribution in [0.25, 0.3) is 0 Å². The van der Waals surface area contributed by atoms with Crippen molar-refractivity contribution >= 4 is 0 Å². The summed E-state index contributed by atoms with van der Waals surface area (Å²) in [6.45, 7) is 1.64. The van der Waals surface area contributed by atoms with Gasteiger partial charge in [-0.15, -0.1) is 0 Å². The van der Waals surface area contributed by atoms with E-state index < -0.39 is 12.1 Å². The molecule has 0 spiro atoms. The van der Waals surface area contributed by atoms with Crippen LogP contribution in [0.4, 0.5) is 13.2 Å². The SMILES string of the molecule is CN1CCN(CC(C#N)C(F)(F)F)C(c2ccccc2)C1. The van der Waals surface area contributed by atoms with Crippen molar-refractivity contribution in [3.05, 3.63) is 35.9 Å². The molecule has 114 valence electrons. The molecule has 1 aromatic carbocycles. The van der Waals surface area contributed by atoms with Crippen molar-refractivity contribution in [1.82, 2.24) is 9.80 Å². The number of hydrogen-bond acceptors (Lipinski definition) is 3. The molecule has 1 aliphatic heterocycles. The van der Waals surface area contributed by atoms with Crippen molar-refractivity contribution in [3.63, 3.8) is 0 Å². The van der Waals surface area contributed by atoms with Crippen molar-refractivity contribution < 1.29 is 13.2 Å². The number of piperazine rings is 1. The van der Waals surface area contributed by atoms with Gasteiger partial charge >= 0.3 is 6.18 Å². The molecule has 0 N–H and O–H groups in total. The third-order valence-electron chi connectivity index (χ3n) is 3.85. The Hall–Kier alpha value is -1.58. The zero-order valence-electron chi connectivity index (χ0n) is 11.8. The first-order valence-electron chi connectivity index (χ1n) is 6.85. The number of nitrogens with zero attached hydrogens (tertiary/aromatic N) is 3. The van der Waals surface area contributed by atoms with E-state index in [2.05, 4.69) is 4.90 Å². The molecule has 0 bridgehead atoms. The van der Waals surface area contributed by atoms with Crippen LogP contribution in [0.3, 0.4) is 0 Å². The van der Waals surface area contributed by atoms with Gasteiger partial charge in [-0.3, -0.25) is 4.90 Å². The minimum Gasteiger partial charge on any atom is -0.303 e. The summed E-state index contributed by atoms with van der Waals surface area (Å²) in [7, 11) is 1.96. The van der Waals surface area contributed by atoms with Gasteiger partial charge in [0.2, 0.25) is 0 Å². The summed E-state index contributed by atoms with van der Waals surface area (Å²) in [6.07, 6.45) is -4.47. The lowest BCUT2D eigenvalue weighted by Crippen LogP contribution is -2.49. The van der Waals surface area contributed by atoms with Crippen LogP contribution in [-0.2, 0) is 0 Å². The van der Waals surface area contributed by atoms with Crippen LogP contribution in [0.2, 0.25) is 0 Å². The fraction of sp³-hybridized carbons (Fsp3) is 0.533. The Kier molecular flexibility index (Phi) is 4.86. The summed E-state index contributed by atoms with van der Waals surface area (Å²) in [5, 5.41) is 8.79. The van der Waals surface area contributed by atoms with E-state index in [0.717, 1.165) is 5.56 Å². The summed E-state index contributed by atoms with van der Waals surface area (Å²) >= 11 is 0. The fourth-order valence-corrected chi connectivity index (χ4v) is 2.62. The number of alkyl halides is 3. The molecule has 3 nitrogen and oxygen atoms in total. The van der Waals surface area contributed by atoms with Crippen LogP contribution in [-0.4, -0.2) is 49.2 Å². The van der Waals surface area contributed by atoms with Gasteiger partial charge in [-0.2, -0.15) is 18.4 Å². The Morgan fingerprint density at radius 2 is 1.95 bits per heavy atom. The van der Waals surface area contributed by atoms with E-state index in [1.165, 1.54) is 6.07 Å². The highest BCUT2D eigenvalue weighted by molar-refractivity contribution is 5.20. The molecule has 0 amide bonds. The number of halogens is 3. The molecule has 6 heteroatoms. The van der Waals surface area contributed by atoms with E-state index in [0.29, 0.717) is 19.6 Å². The van der Waals surface area contributed by atoms with Crippen LogP contribution in [0.15, 0.2) is 30.3 Å². The van der Waals surface area contributed by atoms with Gasteiger partial charge in [-0.1, -0.05) is 30.3 Å². The summed E-state index contributed by atoms with van der Waals surface area (Å²) in [6, 6.07) is 10.8. The van der Waals surface area contributed by atoms with Crippen LogP contribution in [0, 0.1) is 17.2 Å². The van der Waals surface area contributed by atoms with E-state index in [-0.39, 0.29) is 12.6 Å². The fourth-order valence-electron chi connectivity index (χ4n) is 2.62. The standard InChI is InChI=1S/C15H18F3N3/c1-20-7-8-21(10-13(9-19)15(16,17)18)14(11-20)12-5-3-2-4-6-12/h2-6,13-14H,7-8,10-11H2,1H3. The van der Waals surface area contributed by atoms with Gasteiger partial charge in [0.25, 0.3) is 0 Å². The maximum absolute atomic E-state index is 12.8. The first-order chi connectivity index (χ1) is 9.91. The summed E-state index contributed by atoms with van der Waals surface area (Å²) in [5.74, 6) is -1.94. The smallest absolute Gasteiger partial charge is 0.303 e. The number of hydrogen-bond donors (Lipinski definition) is 0. The number of benzene rings is 1. The van der Waals surface area contributed by atoms with Gasteiger partial charge < -0.3 is 4.90 Å². The van der Waals surface area contributed by atoms with Gasteiger partial charge in [-0.05, 0) is 12.6 Å². The average Bonchev–Trinajstić information content (AvgIpc) is 2.45. The van der Waals surface area contributed by atoms with Gasteiger partial charge in [-0.25, -0.2) is 0 Å². The summed E-state index contributed by atoms with van der Waals surface area (Å²) in [5.41, 5.74) is 0.989. The molecule has 0 aliphatic carbocycles. The minimum atomic E-state index is -4.47. The molecule has 0 saturated carbocycles. The quantitative estimate of drug-likeness (QED) is 0.859. The third kappa shape index (κ3) is 3.96. The molecule has 1 heterocycles. The number of rotatable bonds is 3. The van der Waals surface area contributed by atoms with Gasteiger partial charge in [0.1, 0.15) is 0 Å². The Morgan fingerprint density at radius 3 is 2.52 bits per heavy atom. The van der Waals surface area contributed by atoms with Crippen LogP contribution in [0.5, 0.6) is 0 Å². The average molecular weight is 297 g/mol. The number of likely N-dealkylation sites (N-methyl/N-ethyl adjacent to an activating group) is 1. The maximum Gasteiger partial charge on any atom is 0.405 e. The molecule has 0 aromatic heterocycles. The number of nitriles is 1. The molecule has 1 aliphatic rings. The second kappa shape index (κ2) is 6.46. The topological polar surface area (TPSA) is 30.3 Å². The highest BCUT2D eigenvalue weighted by atomic mass is 19.4. The van der Waals surface area contributed by atoms with Gasteiger partial charge in [0, 0.05) is 32.2 Å². The van der Waals surface area contributed by atoms with E-state index in [9.17, 15) is 13.2 Å². The molecule has 21 heavy (non-hydrogen) atoms. The van der Waals surface area contributed by atoms with E-state index >= 15 is 0 Å². The van der Waals surface area contributed by atoms with E-state index in [1.54, 1.807) is 4.90 Å². The zero-order chi connectivity index (χ0) is 15.5. The van der Waals surface area contributed by atoms with Crippen molar-refractivity contribution in [2.75, 3.05) is 33.2 Å². The molecule has 2 rings (SSSR count). The molecular weight excluding hydrogens is 279 g/mol. The van der Waals surface area contributed by atoms with Crippen LogP contribution in [0.1, 0.15) is 11.6 Å². The molecule has 0 radical (unpaired) electrons. The first-order valence-corrected chi connectivity index (χ1v) is 6.85. The lowest BCUT2D eigenvalue weighted by molar-refractivity contribution is -0.165. The van der Waals surface area contributed by atoms with Crippen molar-refractivity contribution in [2.45, 2.75) is 12.2 Å². The molecule has 1 aromatic rings. The normalized spacial score (nSPS) is 22.7. The van der Waals surface area contributed by atoms with Crippen molar-refractivity contribution in [1.29, 1.82) is 5.26 Å². The van der Waals surface area contributed by atoms with Crippen LogP contribution < -0.4 is 0 Å². The summed E-state index contributed by atoms with van der Waals surface area (Å²) in [4.78, 5) is 3.87. The first kappa shape index (κ1) is 15.8. The monoisotopic (exact) mass is 297 g/mol. The Balaban J connectivity index is 2.18. The lowest BCUT2D eigenvalue weighted by Gasteiger charge is -2.41.